The Bertz CT molecular complexity index is 610. The molecule has 0 aliphatic carbocycles. The summed E-state index contributed by atoms with van der Waals surface area (Å²) in [7, 11) is 0. The molecule has 1 aromatic carbocycles. The van der Waals surface area contributed by atoms with E-state index in [9.17, 15) is 4.79 Å². The lowest BCUT2D eigenvalue weighted by Gasteiger charge is -2.34. The van der Waals surface area contributed by atoms with Crippen molar-refractivity contribution in [2.75, 3.05) is 26.2 Å². The smallest absolute Gasteiger partial charge is 0.222 e. The van der Waals surface area contributed by atoms with Gasteiger partial charge in [-0.15, -0.1) is 0 Å². The number of likely N-dealkylation sites (tertiary alicyclic amines) is 1. The minimum absolute atomic E-state index is 0.327. The minimum atomic E-state index is 0.327. The van der Waals surface area contributed by atoms with Gasteiger partial charge in [-0.05, 0) is 51.6 Å². The van der Waals surface area contributed by atoms with E-state index in [0.717, 1.165) is 32.5 Å². The van der Waals surface area contributed by atoms with Crippen LogP contribution in [0.3, 0.4) is 0 Å². The van der Waals surface area contributed by atoms with Crippen LogP contribution in [0.5, 0.6) is 0 Å². The molecule has 1 saturated heterocycles. The van der Waals surface area contributed by atoms with Gasteiger partial charge in [-0.1, -0.05) is 74.6 Å². The minimum Gasteiger partial charge on any atom is -0.339 e. The van der Waals surface area contributed by atoms with Gasteiger partial charge in [-0.25, -0.2) is 0 Å². The van der Waals surface area contributed by atoms with E-state index >= 15 is 0 Å². The highest BCUT2D eigenvalue weighted by molar-refractivity contribution is 5.76. The first-order valence-corrected chi connectivity index (χ1v) is 11.8. The maximum absolute atomic E-state index is 12.9. The molecule has 3 heteroatoms. The third kappa shape index (κ3) is 9.16. The van der Waals surface area contributed by atoms with Gasteiger partial charge in [0.1, 0.15) is 0 Å². The Morgan fingerprint density at radius 1 is 1.14 bits per heavy atom. The topological polar surface area (TPSA) is 23.6 Å². The number of hydrogen-bond donors (Lipinski definition) is 0. The van der Waals surface area contributed by atoms with Crippen LogP contribution in [0, 0.1) is 0 Å². The van der Waals surface area contributed by atoms with Crippen LogP contribution in [0.4, 0.5) is 0 Å². The Labute approximate surface area is 179 Å². The summed E-state index contributed by atoms with van der Waals surface area (Å²) in [4.78, 5) is 17.6. The zero-order chi connectivity index (χ0) is 20.9. The van der Waals surface area contributed by atoms with E-state index in [4.69, 9.17) is 0 Å². The van der Waals surface area contributed by atoms with E-state index in [0.29, 0.717) is 18.4 Å². The molecule has 1 aliphatic heterocycles. The summed E-state index contributed by atoms with van der Waals surface area (Å²) in [5.41, 5.74) is 2.46. The van der Waals surface area contributed by atoms with Crippen LogP contribution < -0.4 is 0 Å². The molecule has 162 valence electrons. The van der Waals surface area contributed by atoms with Crippen molar-refractivity contribution in [1.29, 1.82) is 0 Å². The molecular formula is C26H42N2O. The average molecular weight is 399 g/mol. The van der Waals surface area contributed by atoms with Crippen molar-refractivity contribution in [3.05, 3.63) is 41.5 Å². The maximum Gasteiger partial charge on any atom is 0.222 e. The van der Waals surface area contributed by atoms with Crippen molar-refractivity contribution in [3.63, 3.8) is 0 Å². The molecule has 2 rings (SSSR count). The Morgan fingerprint density at radius 2 is 1.93 bits per heavy atom. The van der Waals surface area contributed by atoms with Gasteiger partial charge in [0.2, 0.25) is 5.91 Å². The molecule has 1 aliphatic rings. The number of piperidine rings is 1. The highest BCUT2D eigenvalue weighted by Gasteiger charge is 2.19. The van der Waals surface area contributed by atoms with Gasteiger partial charge in [0.25, 0.3) is 0 Å². The van der Waals surface area contributed by atoms with E-state index in [-0.39, 0.29) is 0 Å². The largest absolute Gasteiger partial charge is 0.339 e. The number of unbranched alkanes of at least 4 members (excludes halogenated alkanes) is 3. The quantitative estimate of drug-likeness (QED) is 0.394. The first-order chi connectivity index (χ1) is 14.1. The van der Waals surface area contributed by atoms with Crippen LogP contribution in [-0.2, 0) is 4.79 Å². The first-order valence-electron chi connectivity index (χ1n) is 11.8. The summed E-state index contributed by atoms with van der Waals surface area (Å²) in [5, 5.41) is 0. The van der Waals surface area contributed by atoms with E-state index in [1.165, 1.54) is 56.2 Å². The number of rotatable bonds is 12. The Balaban J connectivity index is 1.90. The fraction of sp³-hybridized carbons (Fsp3) is 0.654. The number of amides is 1. The second-order valence-corrected chi connectivity index (χ2v) is 8.76. The molecule has 0 saturated carbocycles. The number of nitrogens with zero attached hydrogens (tertiary/aromatic N) is 2. The standard InChI is InChI=1S/C26H42N2O/c1-4-5-6-10-17-26(29)28(20-13-19-27-18-12-11-14-24(27)3)22-23(2)21-25-15-8-7-9-16-25/h7-9,15-16,21,24H,4-6,10-14,17-20,22H2,1-3H3/b23-21+. The van der Waals surface area contributed by atoms with Crippen molar-refractivity contribution in [2.45, 2.75) is 84.6 Å². The molecular weight excluding hydrogens is 356 g/mol. The summed E-state index contributed by atoms with van der Waals surface area (Å²) in [5.74, 6) is 0.327. The fourth-order valence-corrected chi connectivity index (χ4v) is 4.29. The molecule has 1 heterocycles. The fourth-order valence-electron chi connectivity index (χ4n) is 4.29. The lowest BCUT2D eigenvalue weighted by atomic mass is 10.0. The zero-order valence-electron chi connectivity index (χ0n) is 19.0. The molecule has 0 spiro atoms. The highest BCUT2D eigenvalue weighted by atomic mass is 16.2. The molecule has 0 radical (unpaired) electrons. The lowest BCUT2D eigenvalue weighted by Crippen LogP contribution is -2.40. The second kappa shape index (κ2) is 13.6. The van der Waals surface area contributed by atoms with E-state index < -0.39 is 0 Å². The number of carbonyl (C=O) groups excluding carboxylic acids is 1. The average Bonchev–Trinajstić information content (AvgIpc) is 2.72. The van der Waals surface area contributed by atoms with Gasteiger partial charge >= 0.3 is 0 Å². The summed E-state index contributed by atoms with van der Waals surface area (Å²) in [6.45, 7) is 10.7. The van der Waals surface area contributed by atoms with Gasteiger partial charge in [0.15, 0.2) is 0 Å². The Hall–Kier alpha value is -1.61. The van der Waals surface area contributed by atoms with E-state index in [1.807, 2.05) is 6.07 Å². The van der Waals surface area contributed by atoms with E-state index in [2.05, 4.69) is 60.9 Å². The summed E-state index contributed by atoms with van der Waals surface area (Å²) in [6, 6.07) is 11.1. The normalized spacial score (nSPS) is 18.0. The molecule has 0 N–H and O–H groups in total. The molecule has 0 bridgehead atoms. The second-order valence-electron chi connectivity index (χ2n) is 8.76. The maximum atomic E-state index is 12.9. The zero-order valence-corrected chi connectivity index (χ0v) is 19.0. The van der Waals surface area contributed by atoms with Crippen LogP contribution in [0.2, 0.25) is 0 Å². The van der Waals surface area contributed by atoms with E-state index in [1.54, 1.807) is 0 Å². The predicted molar refractivity (Wildman–Crippen MR) is 125 cm³/mol. The van der Waals surface area contributed by atoms with Crippen molar-refractivity contribution < 1.29 is 4.79 Å². The van der Waals surface area contributed by atoms with Gasteiger partial charge in [-0.3, -0.25) is 4.79 Å². The van der Waals surface area contributed by atoms with Crippen LogP contribution in [0.1, 0.15) is 84.1 Å². The van der Waals surface area contributed by atoms with Crippen LogP contribution in [-0.4, -0.2) is 47.9 Å². The number of carbonyl (C=O) groups is 1. The molecule has 1 amide bonds. The van der Waals surface area contributed by atoms with Gasteiger partial charge in [-0.2, -0.15) is 0 Å². The van der Waals surface area contributed by atoms with Crippen LogP contribution in [0.15, 0.2) is 35.9 Å². The molecule has 29 heavy (non-hydrogen) atoms. The summed E-state index contributed by atoms with van der Waals surface area (Å²) >= 11 is 0. The molecule has 3 nitrogen and oxygen atoms in total. The van der Waals surface area contributed by atoms with Gasteiger partial charge in [0.05, 0.1) is 0 Å². The van der Waals surface area contributed by atoms with Gasteiger partial charge < -0.3 is 9.80 Å². The Kier molecular flexibility index (Phi) is 11.1. The Morgan fingerprint density at radius 3 is 2.66 bits per heavy atom. The molecule has 1 aromatic rings. The van der Waals surface area contributed by atoms with Crippen molar-refractivity contribution in [2.24, 2.45) is 0 Å². The predicted octanol–water partition coefficient (Wildman–Crippen LogP) is 6.15. The first kappa shape index (κ1) is 23.7. The number of benzene rings is 1. The number of hydrogen-bond acceptors (Lipinski definition) is 2. The summed E-state index contributed by atoms with van der Waals surface area (Å²) in [6.07, 6.45) is 12.6. The third-order valence-electron chi connectivity index (χ3n) is 6.06. The molecule has 0 aromatic heterocycles. The molecule has 1 atom stereocenters. The van der Waals surface area contributed by atoms with Crippen molar-refractivity contribution >= 4 is 12.0 Å². The van der Waals surface area contributed by atoms with Crippen LogP contribution in [0.25, 0.3) is 6.08 Å². The van der Waals surface area contributed by atoms with Crippen molar-refractivity contribution in [1.82, 2.24) is 9.80 Å². The SMILES string of the molecule is CCCCCCC(=O)N(CCCN1CCCCC1C)C/C(C)=C/c1ccccc1. The lowest BCUT2D eigenvalue weighted by molar-refractivity contribution is -0.131. The summed E-state index contributed by atoms with van der Waals surface area (Å²) < 4.78 is 0. The highest BCUT2D eigenvalue weighted by Crippen LogP contribution is 2.17. The monoisotopic (exact) mass is 398 g/mol. The van der Waals surface area contributed by atoms with Crippen LogP contribution >= 0.6 is 0 Å². The third-order valence-corrected chi connectivity index (χ3v) is 6.06. The molecule has 1 unspecified atom stereocenters. The molecule has 1 fully saturated rings. The van der Waals surface area contributed by atoms with Gasteiger partial charge in [0, 0.05) is 32.1 Å². The van der Waals surface area contributed by atoms with Crippen molar-refractivity contribution in [3.8, 4) is 0 Å².